The molecule has 104 valence electrons. The van der Waals surface area contributed by atoms with E-state index in [2.05, 4.69) is 41.9 Å². The molecule has 2 rings (SSSR count). The molecule has 1 aromatic rings. The summed E-state index contributed by atoms with van der Waals surface area (Å²) in [4.78, 5) is 12.7. The molecule has 0 N–H and O–H groups in total. The van der Waals surface area contributed by atoms with Crippen molar-refractivity contribution in [3.63, 3.8) is 0 Å². The van der Waals surface area contributed by atoms with Crippen molar-refractivity contribution in [3.05, 3.63) is 34.3 Å². The zero-order valence-corrected chi connectivity index (χ0v) is 13.5. The largest absolute Gasteiger partial charge is 0.299 e. The lowest BCUT2D eigenvalue weighted by molar-refractivity contribution is -0.128. The van der Waals surface area contributed by atoms with E-state index in [-0.39, 0.29) is 5.41 Å². The van der Waals surface area contributed by atoms with Crippen LogP contribution in [0.1, 0.15) is 51.5 Å². The van der Waals surface area contributed by atoms with Gasteiger partial charge in [0, 0.05) is 16.3 Å². The Bertz CT molecular complexity index is 427. The maximum Gasteiger partial charge on any atom is 0.143 e. The van der Waals surface area contributed by atoms with Crippen LogP contribution in [-0.4, -0.2) is 5.78 Å². The standard InChI is InChI=1S/C17H23BrO/c1-13(2)12-17(9-3-4-10-17)16(19)11-14-5-7-15(18)8-6-14/h5-8,13H,3-4,9-12H2,1-2H3. The predicted octanol–water partition coefficient (Wildman–Crippen LogP) is 5.17. The summed E-state index contributed by atoms with van der Waals surface area (Å²) < 4.78 is 1.07. The minimum Gasteiger partial charge on any atom is -0.299 e. The zero-order chi connectivity index (χ0) is 13.9. The van der Waals surface area contributed by atoms with E-state index < -0.39 is 0 Å². The Hall–Kier alpha value is -0.630. The van der Waals surface area contributed by atoms with Crippen LogP contribution in [0.3, 0.4) is 0 Å². The molecule has 0 bridgehead atoms. The molecule has 1 saturated carbocycles. The first-order chi connectivity index (χ1) is 9.02. The van der Waals surface area contributed by atoms with E-state index in [1.54, 1.807) is 0 Å². The Kier molecular flexibility index (Phi) is 4.83. The van der Waals surface area contributed by atoms with Crippen molar-refractivity contribution in [2.75, 3.05) is 0 Å². The number of hydrogen-bond acceptors (Lipinski definition) is 1. The molecule has 0 radical (unpaired) electrons. The van der Waals surface area contributed by atoms with Crippen LogP contribution in [0, 0.1) is 11.3 Å². The van der Waals surface area contributed by atoms with Gasteiger partial charge in [0.2, 0.25) is 0 Å². The Balaban J connectivity index is 2.09. The highest BCUT2D eigenvalue weighted by atomic mass is 79.9. The lowest BCUT2D eigenvalue weighted by atomic mass is 9.73. The van der Waals surface area contributed by atoms with Crippen LogP contribution in [-0.2, 0) is 11.2 Å². The van der Waals surface area contributed by atoms with Crippen molar-refractivity contribution in [2.45, 2.75) is 52.4 Å². The van der Waals surface area contributed by atoms with Gasteiger partial charge in [0.15, 0.2) is 0 Å². The van der Waals surface area contributed by atoms with E-state index in [0.717, 1.165) is 29.3 Å². The zero-order valence-electron chi connectivity index (χ0n) is 11.9. The van der Waals surface area contributed by atoms with Crippen molar-refractivity contribution in [3.8, 4) is 0 Å². The number of hydrogen-bond donors (Lipinski definition) is 0. The van der Waals surface area contributed by atoms with Crippen molar-refractivity contribution in [1.29, 1.82) is 0 Å². The molecule has 1 nitrogen and oxygen atoms in total. The predicted molar refractivity (Wildman–Crippen MR) is 83.2 cm³/mol. The highest BCUT2D eigenvalue weighted by molar-refractivity contribution is 9.10. The summed E-state index contributed by atoms with van der Waals surface area (Å²) in [6.07, 6.45) is 6.29. The quantitative estimate of drug-likeness (QED) is 0.731. The Labute approximate surface area is 124 Å². The lowest BCUT2D eigenvalue weighted by Crippen LogP contribution is -2.31. The Morgan fingerprint density at radius 3 is 2.32 bits per heavy atom. The molecular weight excluding hydrogens is 300 g/mol. The fourth-order valence-electron chi connectivity index (χ4n) is 3.41. The third-order valence-corrected chi connectivity index (χ3v) is 4.76. The Morgan fingerprint density at radius 1 is 1.21 bits per heavy atom. The van der Waals surface area contributed by atoms with Gasteiger partial charge in [-0.1, -0.05) is 54.8 Å². The molecule has 0 spiro atoms. The number of carbonyl (C=O) groups is 1. The first kappa shape index (κ1) is 14.8. The molecular formula is C17H23BrO. The summed E-state index contributed by atoms with van der Waals surface area (Å²) in [7, 11) is 0. The second-order valence-corrected chi connectivity index (χ2v) is 7.23. The third-order valence-electron chi connectivity index (χ3n) is 4.23. The van der Waals surface area contributed by atoms with E-state index in [1.807, 2.05) is 12.1 Å². The number of ketones is 1. The van der Waals surface area contributed by atoms with Crippen LogP contribution in [0.25, 0.3) is 0 Å². The van der Waals surface area contributed by atoms with Crippen LogP contribution in [0.15, 0.2) is 28.7 Å². The van der Waals surface area contributed by atoms with Gasteiger partial charge in [0.1, 0.15) is 5.78 Å². The van der Waals surface area contributed by atoms with Gasteiger partial charge in [-0.15, -0.1) is 0 Å². The average Bonchev–Trinajstić information content (AvgIpc) is 2.81. The summed E-state index contributed by atoms with van der Waals surface area (Å²) in [5.41, 5.74) is 1.12. The number of Topliss-reactive ketones (excluding diaryl/α,β-unsaturated/α-hetero) is 1. The monoisotopic (exact) mass is 322 g/mol. The van der Waals surface area contributed by atoms with Gasteiger partial charge in [0.25, 0.3) is 0 Å². The smallest absolute Gasteiger partial charge is 0.143 e. The van der Waals surface area contributed by atoms with E-state index in [0.29, 0.717) is 18.1 Å². The molecule has 1 aliphatic rings. The fraction of sp³-hybridized carbons (Fsp3) is 0.588. The normalized spacial score (nSPS) is 17.9. The molecule has 1 fully saturated rings. The average molecular weight is 323 g/mol. The van der Waals surface area contributed by atoms with Gasteiger partial charge in [-0.05, 0) is 42.9 Å². The molecule has 0 aliphatic heterocycles. The maximum atomic E-state index is 12.7. The minimum atomic E-state index is -0.0265. The van der Waals surface area contributed by atoms with E-state index in [9.17, 15) is 4.79 Å². The minimum absolute atomic E-state index is 0.0265. The SMILES string of the molecule is CC(C)CC1(C(=O)Cc2ccc(Br)cc2)CCCC1. The van der Waals surface area contributed by atoms with Gasteiger partial charge in [-0.2, -0.15) is 0 Å². The van der Waals surface area contributed by atoms with E-state index in [1.165, 1.54) is 12.8 Å². The second-order valence-electron chi connectivity index (χ2n) is 6.31. The Morgan fingerprint density at radius 2 is 1.79 bits per heavy atom. The van der Waals surface area contributed by atoms with Crippen molar-refractivity contribution in [1.82, 2.24) is 0 Å². The maximum absolute atomic E-state index is 12.7. The van der Waals surface area contributed by atoms with Gasteiger partial charge in [0.05, 0.1) is 0 Å². The third kappa shape index (κ3) is 3.68. The molecule has 1 aromatic carbocycles. The van der Waals surface area contributed by atoms with Crippen LogP contribution >= 0.6 is 15.9 Å². The lowest BCUT2D eigenvalue weighted by Gasteiger charge is -2.29. The van der Waals surface area contributed by atoms with Crippen molar-refractivity contribution in [2.24, 2.45) is 11.3 Å². The summed E-state index contributed by atoms with van der Waals surface area (Å²) in [5, 5.41) is 0. The van der Waals surface area contributed by atoms with Gasteiger partial charge in [-0.25, -0.2) is 0 Å². The highest BCUT2D eigenvalue weighted by Gasteiger charge is 2.40. The first-order valence-corrected chi connectivity index (χ1v) is 8.09. The van der Waals surface area contributed by atoms with E-state index in [4.69, 9.17) is 0 Å². The van der Waals surface area contributed by atoms with Gasteiger partial charge < -0.3 is 0 Å². The number of rotatable bonds is 5. The van der Waals surface area contributed by atoms with Gasteiger partial charge >= 0.3 is 0 Å². The van der Waals surface area contributed by atoms with Gasteiger partial charge in [-0.3, -0.25) is 4.79 Å². The van der Waals surface area contributed by atoms with Crippen LogP contribution in [0.2, 0.25) is 0 Å². The molecule has 1 aliphatic carbocycles. The van der Waals surface area contributed by atoms with Crippen LogP contribution < -0.4 is 0 Å². The molecule has 2 heteroatoms. The molecule has 0 saturated heterocycles. The number of halogens is 1. The van der Waals surface area contributed by atoms with E-state index >= 15 is 0 Å². The van der Waals surface area contributed by atoms with Crippen LogP contribution in [0.4, 0.5) is 0 Å². The topological polar surface area (TPSA) is 17.1 Å². The molecule has 0 unspecified atom stereocenters. The molecule has 19 heavy (non-hydrogen) atoms. The van der Waals surface area contributed by atoms with Crippen molar-refractivity contribution >= 4 is 21.7 Å². The number of carbonyl (C=O) groups excluding carboxylic acids is 1. The molecule has 0 atom stereocenters. The summed E-state index contributed by atoms with van der Waals surface area (Å²) in [5.74, 6) is 1.06. The highest BCUT2D eigenvalue weighted by Crippen LogP contribution is 2.44. The first-order valence-electron chi connectivity index (χ1n) is 7.30. The van der Waals surface area contributed by atoms with Crippen molar-refractivity contribution < 1.29 is 4.79 Å². The summed E-state index contributed by atoms with van der Waals surface area (Å²) in [6, 6.07) is 8.15. The summed E-state index contributed by atoms with van der Waals surface area (Å²) in [6.45, 7) is 4.46. The summed E-state index contributed by atoms with van der Waals surface area (Å²) >= 11 is 3.44. The number of benzene rings is 1. The molecule has 0 aromatic heterocycles. The second kappa shape index (κ2) is 6.21. The molecule has 0 heterocycles. The van der Waals surface area contributed by atoms with Crippen LogP contribution in [0.5, 0.6) is 0 Å². The molecule has 0 amide bonds. The fourth-order valence-corrected chi connectivity index (χ4v) is 3.67.